The molecule has 2 heterocycles. The van der Waals surface area contributed by atoms with Gasteiger partial charge in [0.25, 0.3) is 0 Å². The van der Waals surface area contributed by atoms with E-state index < -0.39 is 17.9 Å². The molecule has 4 aliphatic rings. The van der Waals surface area contributed by atoms with Crippen molar-refractivity contribution in [2.75, 3.05) is 26.2 Å². The predicted molar refractivity (Wildman–Crippen MR) is 104 cm³/mol. The van der Waals surface area contributed by atoms with Crippen LogP contribution in [0.3, 0.4) is 0 Å². The average molecular weight is 380 g/mol. The maximum absolute atomic E-state index is 12.7. The Hall–Kier alpha value is -1.30. The Morgan fingerprint density at radius 2 is 1.93 bits per heavy atom. The van der Waals surface area contributed by atoms with Gasteiger partial charge in [0, 0.05) is 33.3 Å². The second-order valence-corrected chi connectivity index (χ2v) is 9.43. The van der Waals surface area contributed by atoms with E-state index in [-0.39, 0.29) is 29.3 Å². The Balaban J connectivity index is 1.38. The number of carboxylic acid groups (broad SMARTS) is 1. The summed E-state index contributed by atoms with van der Waals surface area (Å²) in [7, 11) is 0. The number of nitrogens with one attached hydrogen (secondary N) is 1. The molecule has 0 aromatic heterocycles. The van der Waals surface area contributed by atoms with Gasteiger partial charge in [0.2, 0.25) is 5.91 Å². The summed E-state index contributed by atoms with van der Waals surface area (Å²) in [5.41, 5.74) is -0.574. The van der Waals surface area contributed by atoms with Gasteiger partial charge in [-0.2, -0.15) is 0 Å². The van der Waals surface area contributed by atoms with E-state index in [2.05, 4.69) is 24.1 Å². The number of hydrogen-bond donors (Lipinski definition) is 2. The SMILES string of the molecule is [2H]C1([2H])C(N2CCC(C(=O)NC3(C)CCC3)CC2)C(CC)[C@@]12CCN(C(=O)O)C2. The summed E-state index contributed by atoms with van der Waals surface area (Å²) < 4.78 is 17.8. The topological polar surface area (TPSA) is 72.9 Å². The van der Waals surface area contributed by atoms with Gasteiger partial charge >= 0.3 is 6.09 Å². The van der Waals surface area contributed by atoms with Crippen LogP contribution in [0.2, 0.25) is 0 Å². The predicted octanol–water partition coefficient (Wildman–Crippen LogP) is 2.93. The maximum atomic E-state index is 12.7. The van der Waals surface area contributed by atoms with Gasteiger partial charge in [-0.15, -0.1) is 0 Å². The van der Waals surface area contributed by atoms with E-state index in [1.807, 2.05) is 0 Å². The molecule has 0 radical (unpaired) electrons. The van der Waals surface area contributed by atoms with Gasteiger partial charge in [0.05, 0.1) is 0 Å². The van der Waals surface area contributed by atoms with E-state index >= 15 is 0 Å². The second-order valence-electron chi connectivity index (χ2n) is 9.43. The van der Waals surface area contributed by atoms with E-state index in [4.69, 9.17) is 2.74 Å². The zero-order valence-electron chi connectivity index (χ0n) is 18.7. The molecule has 6 heteroatoms. The van der Waals surface area contributed by atoms with Crippen LogP contribution >= 0.6 is 0 Å². The van der Waals surface area contributed by atoms with Crippen LogP contribution in [0.5, 0.6) is 0 Å². The first-order chi connectivity index (χ1) is 13.6. The molecule has 0 aromatic rings. The van der Waals surface area contributed by atoms with Gasteiger partial charge in [-0.3, -0.25) is 4.79 Å². The van der Waals surface area contributed by atoms with Crippen molar-refractivity contribution >= 4 is 12.0 Å². The van der Waals surface area contributed by atoms with Crippen LogP contribution in [0.25, 0.3) is 0 Å². The van der Waals surface area contributed by atoms with Crippen molar-refractivity contribution in [3.8, 4) is 0 Å². The van der Waals surface area contributed by atoms with Crippen molar-refractivity contribution in [3.05, 3.63) is 0 Å². The quantitative estimate of drug-likeness (QED) is 0.788. The first-order valence-electron chi connectivity index (χ1n) is 11.7. The van der Waals surface area contributed by atoms with Crippen LogP contribution < -0.4 is 5.32 Å². The standard InChI is InChI=1S/C21H35N3O3/c1-3-16-17(13-21(16)9-12-24(14-21)19(26)27)23-10-5-15(6-11-23)18(25)22-20(2)7-4-8-20/h15-17H,3-14H2,1-2H3,(H,22,25)(H,26,27)/t16?,17?,21-/m0/s1/i13D2. The Labute approximate surface area is 165 Å². The van der Waals surface area contributed by atoms with Gasteiger partial charge in [0.15, 0.2) is 0 Å². The lowest BCUT2D eigenvalue weighted by molar-refractivity contribution is -0.131. The molecule has 27 heavy (non-hydrogen) atoms. The molecule has 2 aliphatic carbocycles. The van der Waals surface area contributed by atoms with Gasteiger partial charge < -0.3 is 20.2 Å². The van der Waals surface area contributed by atoms with Crippen LogP contribution in [0.1, 0.15) is 67.9 Å². The van der Waals surface area contributed by atoms with Crippen LogP contribution in [0, 0.1) is 17.3 Å². The number of amides is 2. The molecule has 2 amide bonds. The number of nitrogens with zero attached hydrogens (tertiary/aromatic N) is 2. The fourth-order valence-electron chi connectivity index (χ4n) is 5.76. The fourth-order valence-corrected chi connectivity index (χ4v) is 5.76. The zero-order chi connectivity index (χ0) is 21.0. The fraction of sp³-hybridized carbons (Fsp3) is 0.905. The van der Waals surface area contributed by atoms with Crippen LogP contribution in [-0.2, 0) is 4.79 Å². The number of piperidine rings is 1. The molecule has 2 unspecified atom stereocenters. The summed E-state index contributed by atoms with van der Waals surface area (Å²) in [6, 6.07) is -0.172. The van der Waals surface area contributed by atoms with Crippen LogP contribution in [-0.4, -0.2) is 64.7 Å². The van der Waals surface area contributed by atoms with Crippen molar-refractivity contribution in [3.63, 3.8) is 0 Å². The molecule has 4 rings (SSSR count). The third-order valence-corrected chi connectivity index (χ3v) is 7.71. The minimum atomic E-state index is -1.40. The zero-order valence-corrected chi connectivity index (χ0v) is 16.7. The Kier molecular flexibility index (Phi) is 4.28. The van der Waals surface area contributed by atoms with E-state index in [1.54, 1.807) is 0 Å². The molecule has 152 valence electrons. The smallest absolute Gasteiger partial charge is 0.407 e. The molecule has 2 N–H and O–H groups in total. The number of likely N-dealkylation sites (tertiary alicyclic amines) is 2. The van der Waals surface area contributed by atoms with E-state index in [1.165, 1.54) is 11.3 Å². The highest BCUT2D eigenvalue weighted by Gasteiger charge is 2.58. The normalized spacial score (nSPS) is 39.3. The summed E-state index contributed by atoms with van der Waals surface area (Å²) in [4.78, 5) is 27.7. The largest absolute Gasteiger partial charge is 0.465 e. The third-order valence-electron chi connectivity index (χ3n) is 7.71. The van der Waals surface area contributed by atoms with E-state index in [0.717, 1.165) is 45.2 Å². The lowest BCUT2D eigenvalue weighted by atomic mass is 9.54. The van der Waals surface area contributed by atoms with Gasteiger partial charge in [-0.25, -0.2) is 4.79 Å². The first kappa shape index (κ1) is 16.6. The van der Waals surface area contributed by atoms with E-state index in [0.29, 0.717) is 19.5 Å². The molecular weight excluding hydrogens is 342 g/mol. The third kappa shape index (κ3) is 3.34. The highest BCUT2D eigenvalue weighted by Crippen LogP contribution is 2.56. The minimum Gasteiger partial charge on any atom is -0.465 e. The molecule has 2 aliphatic heterocycles. The van der Waals surface area contributed by atoms with Crippen LogP contribution in [0.4, 0.5) is 4.79 Å². The molecule has 6 nitrogen and oxygen atoms in total. The number of carbonyl (C=O) groups excluding carboxylic acids is 1. The Bertz CT molecular complexity index is 676. The number of carbonyl (C=O) groups is 2. The molecule has 4 fully saturated rings. The molecule has 2 saturated carbocycles. The van der Waals surface area contributed by atoms with Gasteiger partial charge in [-0.1, -0.05) is 13.3 Å². The minimum absolute atomic E-state index is 0.0160. The summed E-state index contributed by atoms with van der Waals surface area (Å²) in [6.45, 7) is 6.45. The summed E-state index contributed by atoms with van der Waals surface area (Å²) in [5.74, 6) is 0.360. The van der Waals surface area contributed by atoms with Gasteiger partial charge in [-0.05, 0) is 76.2 Å². The molecule has 2 saturated heterocycles. The second kappa shape index (κ2) is 6.94. The number of rotatable bonds is 4. The lowest BCUT2D eigenvalue weighted by Gasteiger charge is -2.58. The van der Waals surface area contributed by atoms with Gasteiger partial charge in [0.1, 0.15) is 0 Å². The lowest BCUT2D eigenvalue weighted by Crippen LogP contribution is -2.62. The molecule has 0 aromatic carbocycles. The van der Waals surface area contributed by atoms with Crippen molar-refractivity contribution in [1.29, 1.82) is 0 Å². The highest BCUT2D eigenvalue weighted by molar-refractivity contribution is 5.79. The summed E-state index contributed by atoms with van der Waals surface area (Å²) in [6.07, 6.45) is 4.00. The first-order valence-corrected chi connectivity index (χ1v) is 10.7. The van der Waals surface area contributed by atoms with E-state index in [9.17, 15) is 14.7 Å². The molecule has 1 spiro atoms. The molecule has 0 bridgehead atoms. The van der Waals surface area contributed by atoms with Crippen molar-refractivity contribution in [2.24, 2.45) is 17.3 Å². The number of hydrogen-bond acceptors (Lipinski definition) is 3. The summed E-state index contributed by atoms with van der Waals surface area (Å²) >= 11 is 0. The molecule has 3 atom stereocenters. The highest BCUT2D eigenvalue weighted by atomic mass is 16.4. The summed E-state index contributed by atoms with van der Waals surface area (Å²) in [5, 5.41) is 12.6. The van der Waals surface area contributed by atoms with Crippen molar-refractivity contribution in [1.82, 2.24) is 15.1 Å². The maximum Gasteiger partial charge on any atom is 0.407 e. The average Bonchev–Trinajstić information content (AvgIpc) is 3.13. The Morgan fingerprint density at radius 1 is 1.22 bits per heavy atom. The van der Waals surface area contributed by atoms with Crippen molar-refractivity contribution in [2.45, 2.75) is 76.7 Å². The Morgan fingerprint density at radius 3 is 2.44 bits per heavy atom. The monoisotopic (exact) mass is 379 g/mol. The van der Waals surface area contributed by atoms with Crippen molar-refractivity contribution < 1.29 is 17.4 Å². The molecular formula is C21H35N3O3. The van der Waals surface area contributed by atoms with Crippen LogP contribution in [0.15, 0.2) is 0 Å².